The number of rotatable bonds is 3. The van der Waals surface area contributed by atoms with E-state index in [4.69, 9.17) is 0 Å². The number of aromatic nitrogens is 1. The molecule has 4 heteroatoms. The number of hydrogen-bond donors (Lipinski definition) is 0. The van der Waals surface area contributed by atoms with Gasteiger partial charge in [-0.1, -0.05) is 24.1 Å². The van der Waals surface area contributed by atoms with Gasteiger partial charge < -0.3 is 4.90 Å². The highest BCUT2D eigenvalue weighted by molar-refractivity contribution is 5.92. The summed E-state index contributed by atoms with van der Waals surface area (Å²) in [5.74, 6) is 0.0905. The normalized spacial score (nSPS) is 22.6. The van der Waals surface area contributed by atoms with E-state index in [9.17, 15) is 4.79 Å². The van der Waals surface area contributed by atoms with Crippen LogP contribution in [0.25, 0.3) is 6.08 Å². The second-order valence-corrected chi connectivity index (χ2v) is 7.75. The zero-order valence-corrected chi connectivity index (χ0v) is 15.1. The topological polar surface area (TPSA) is 36.4 Å². The maximum absolute atomic E-state index is 12.5. The zero-order valence-electron chi connectivity index (χ0n) is 15.1. The first-order valence-electron chi connectivity index (χ1n) is 9.98. The molecule has 0 bridgehead atoms. The lowest BCUT2D eigenvalue weighted by Crippen LogP contribution is -2.43. The predicted molar refractivity (Wildman–Crippen MR) is 100 cm³/mol. The highest BCUT2D eigenvalue weighted by Gasteiger charge is 2.26. The summed E-state index contributed by atoms with van der Waals surface area (Å²) in [6, 6.07) is 4.81. The van der Waals surface area contributed by atoms with Gasteiger partial charge in [-0.3, -0.25) is 14.7 Å². The molecule has 4 nitrogen and oxygen atoms in total. The molecule has 3 aliphatic rings. The van der Waals surface area contributed by atoms with Crippen LogP contribution in [0, 0.1) is 0 Å². The third kappa shape index (κ3) is 3.95. The average Bonchev–Trinajstić information content (AvgIpc) is 2.63. The van der Waals surface area contributed by atoms with Crippen LogP contribution >= 0.6 is 0 Å². The molecular formula is C21H29N3O. The van der Waals surface area contributed by atoms with Crippen molar-refractivity contribution in [3.05, 3.63) is 35.2 Å². The summed E-state index contributed by atoms with van der Waals surface area (Å²) in [5, 5.41) is 0. The predicted octanol–water partition coefficient (Wildman–Crippen LogP) is 3.74. The fraction of sp³-hybridized carbons (Fsp3) is 0.619. The molecule has 1 aliphatic carbocycles. The van der Waals surface area contributed by atoms with Crippen LogP contribution in [-0.2, 0) is 0 Å². The molecule has 1 saturated carbocycles. The standard InChI is InChI=1S/C21H29N3O/c25-21(24-11-2-1-3-12-24)20-8-7-18(16-22-20)15-17-9-13-23(14-10-17)19-5-4-6-19/h7-8,15-16,19H,1-6,9-14H2. The molecule has 3 heterocycles. The van der Waals surface area contributed by atoms with Crippen molar-refractivity contribution in [3.8, 4) is 0 Å². The first kappa shape index (κ1) is 16.8. The van der Waals surface area contributed by atoms with Gasteiger partial charge >= 0.3 is 0 Å². The van der Waals surface area contributed by atoms with E-state index in [1.165, 1.54) is 57.2 Å². The number of carbonyl (C=O) groups excluding carboxylic acids is 1. The van der Waals surface area contributed by atoms with Crippen molar-refractivity contribution in [1.82, 2.24) is 14.8 Å². The lowest BCUT2D eigenvalue weighted by atomic mass is 9.89. The minimum Gasteiger partial charge on any atom is -0.337 e. The van der Waals surface area contributed by atoms with Crippen LogP contribution in [0.2, 0.25) is 0 Å². The Morgan fingerprint density at radius 2 is 1.76 bits per heavy atom. The van der Waals surface area contributed by atoms with E-state index in [1.807, 2.05) is 17.2 Å². The second kappa shape index (κ2) is 7.69. The molecule has 1 amide bonds. The van der Waals surface area contributed by atoms with E-state index in [0.717, 1.165) is 37.5 Å². The fourth-order valence-electron chi connectivity index (χ4n) is 4.18. The third-order valence-electron chi connectivity index (χ3n) is 6.05. The van der Waals surface area contributed by atoms with Gasteiger partial charge in [0.25, 0.3) is 5.91 Å². The average molecular weight is 339 g/mol. The van der Waals surface area contributed by atoms with E-state index in [1.54, 1.807) is 0 Å². The van der Waals surface area contributed by atoms with Gasteiger partial charge in [0.1, 0.15) is 5.69 Å². The number of piperidine rings is 2. The lowest BCUT2D eigenvalue weighted by molar-refractivity contribution is 0.0718. The monoisotopic (exact) mass is 339 g/mol. The van der Waals surface area contributed by atoms with Crippen molar-refractivity contribution < 1.29 is 4.79 Å². The Balaban J connectivity index is 1.34. The summed E-state index contributed by atoms with van der Waals surface area (Å²) in [4.78, 5) is 21.5. The third-order valence-corrected chi connectivity index (χ3v) is 6.05. The van der Waals surface area contributed by atoms with E-state index in [2.05, 4.69) is 22.0 Å². The summed E-state index contributed by atoms with van der Waals surface area (Å²) >= 11 is 0. The van der Waals surface area contributed by atoms with Gasteiger partial charge in [-0.2, -0.15) is 0 Å². The van der Waals surface area contributed by atoms with E-state index in [0.29, 0.717) is 5.69 Å². The molecule has 0 N–H and O–H groups in total. The first-order chi connectivity index (χ1) is 12.3. The van der Waals surface area contributed by atoms with Gasteiger partial charge in [0.2, 0.25) is 0 Å². The Hall–Kier alpha value is -1.68. The molecule has 3 fully saturated rings. The Morgan fingerprint density at radius 3 is 2.36 bits per heavy atom. The van der Waals surface area contributed by atoms with Crippen molar-refractivity contribution in [2.75, 3.05) is 26.2 Å². The van der Waals surface area contributed by atoms with Crippen molar-refractivity contribution in [2.45, 2.75) is 57.4 Å². The minimum atomic E-state index is 0.0905. The molecular weight excluding hydrogens is 310 g/mol. The van der Waals surface area contributed by atoms with Gasteiger partial charge in [0.05, 0.1) is 0 Å². The molecule has 2 aliphatic heterocycles. The molecule has 0 atom stereocenters. The van der Waals surface area contributed by atoms with Crippen molar-refractivity contribution in [3.63, 3.8) is 0 Å². The first-order valence-corrected chi connectivity index (χ1v) is 9.98. The molecule has 0 radical (unpaired) electrons. The van der Waals surface area contributed by atoms with Crippen molar-refractivity contribution in [2.24, 2.45) is 0 Å². The summed E-state index contributed by atoms with van der Waals surface area (Å²) in [7, 11) is 0. The largest absolute Gasteiger partial charge is 0.337 e. The van der Waals surface area contributed by atoms with Gasteiger partial charge in [-0.25, -0.2) is 0 Å². The zero-order chi connectivity index (χ0) is 17.1. The molecule has 2 saturated heterocycles. The van der Waals surface area contributed by atoms with Crippen molar-refractivity contribution >= 4 is 12.0 Å². The van der Waals surface area contributed by atoms with Crippen LogP contribution in [0.4, 0.5) is 0 Å². The number of pyridine rings is 1. The molecule has 0 spiro atoms. The number of carbonyl (C=O) groups is 1. The van der Waals surface area contributed by atoms with Crippen LogP contribution in [0.1, 0.15) is 67.4 Å². The molecule has 1 aromatic rings. The molecule has 0 aromatic carbocycles. The van der Waals surface area contributed by atoms with Crippen LogP contribution in [0.5, 0.6) is 0 Å². The number of amides is 1. The molecule has 0 unspecified atom stereocenters. The summed E-state index contributed by atoms with van der Waals surface area (Å²) < 4.78 is 0. The lowest BCUT2D eigenvalue weighted by Gasteiger charge is -2.40. The van der Waals surface area contributed by atoms with Gasteiger partial charge in [-0.15, -0.1) is 0 Å². The van der Waals surface area contributed by atoms with E-state index < -0.39 is 0 Å². The van der Waals surface area contributed by atoms with E-state index >= 15 is 0 Å². The highest BCUT2D eigenvalue weighted by Crippen LogP contribution is 2.29. The minimum absolute atomic E-state index is 0.0905. The number of hydrogen-bond acceptors (Lipinski definition) is 3. The Bertz CT molecular complexity index is 617. The van der Waals surface area contributed by atoms with Crippen LogP contribution in [0.3, 0.4) is 0 Å². The summed E-state index contributed by atoms with van der Waals surface area (Å²) in [6.07, 6.45) is 14.2. The van der Waals surface area contributed by atoms with Crippen LogP contribution in [0.15, 0.2) is 23.9 Å². The fourth-order valence-corrected chi connectivity index (χ4v) is 4.18. The SMILES string of the molecule is O=C(c1ccc(C=C2CCN(C3CCC3)CC2)cn1)N1CCCCC1. The van der Waals surface area contributed by atoms with E-state index in [-0.39, 0.29) is 5.91 Å². The molecule has 134 valence electrons. The quantitative estimate of drug-likeness (QED) is 0.842. The Labute approximate surface area is 150 Å². The Morgan fingerprint density at radius 1 is 1.00 bits per heavy atom. The van der Waals surface area contributed by atoms with Gasteiger partial charge in [0, 0.05) is 38.4 Å². The molecule has 1 aromatic heterocycles. The van der Waals surface area contributed by atoms with Crippen LogP contribution < -0.4 is 0 Å². The van der Waals surface area contributed by atoms with Crippen LogP contribution in [-0.4, -0.2) is 52.9 Å². The molecule has 25 heavy (non-hydrogen) atoms. The summed E-state index contributed by atoms with van der Waals surface area (Å²) in [5.41, 5.74) is 3.23. The van der Waals surface area contributed by atoms with Gasteiger partial charge in [0.15, 0.2) is 0 Å². The maximum atomic E-state index is 12.5. The summed E-state index contributed by atoms with van der Waals surface area (Å²) in [6.45, 7) is 4.17. The maximum Gasteiger partial charge on any atom is 0.272 e. The van der Waals surface area contributed by atoms with Crippen molar-refractivity contribution in [1.29, 1.82) is 0 Å². The number of nitrogens with zero attached hydrogens (tertiary/aromatic N) is 3. The number of likely N-dealkylation sites (tertiary alicyclic amines) is 2. The second-order valence-electron chi connectivity index (χ2n) is 7.75. The van der Waals surface area contributed by atoms with Gasteiger partial charge in [-0.05, 0) is 56.6 Å². The Kier molecular flexibility index (Phi) is 5.16. The smallest absolute Gasteiger partial charge is 0.272 e. The highest BCUT2D eigenvalue weighted by atomic mass is 16.2. The molecule has 4 rings (SSSR count).